The van der Waals surface area contributed by atoms with Crippen molar-refractivity contribution >= 4 is 23.3 Å². The first-order valence-corrected chi connectivity index (χ1v) is 6.66. The Bertz CT molecular complexity index is 530. The number of likely N-dealkylation sites (N-methyl/N-ethyl adjacent to an activating group) is 1. The third-order valence-electron chi connectivity index (χ3n) is 3.67. The maximum atomic E-state index is 12.0. The van der Waals surface area contributed by atoms with E-state index in [1.165, 1.54) is 6.07 Å². The predicted molar refractivity (Wildman–Crippen MR) is 76.9 cm³/mol. The average molecular weight is 277 g/mol. The van der Waals surface area contributed by atoms with E-state index in [2.05, 4.69) is 5.32 Å². The lowest BCUT2D eigenvalue weighted by Gasteiger charge is -2.37. The largest absolute Gasteiger partial charge is 0.478 e. The van der Waals surface area contributed by atoms with E-state index in [1.54, 1.807) is 19.2 Å². The number of carboxylic acid groups (broad SMARTS) is 1. The summed E-state index contributed by atoms with van der Waals surface area (Å²) in [6.07, 6.45) is 2.69. The van der Waals surface area contributed by atoms with Crippen LogP contribution in [0, 0.1) is 0 Å². The molecule has 0 radical (unpaired) electrons. The zero-order valence-corrected chi connectivity index (χ0v) is 11.4. The molecule has 0 spiro atoms. The van der Waals surface area contributed by atoms with Crippen LogP contribution in [-0.2, 0) is 4.79 Å². The minimum atomic E-state index is -1.06. The van der Waals surface area contributed by atoms with Crippen molar-refractivity contribution < 1.29 is 14.7 Å². The summed E-state index contributed by atoms with van der Waals surface area (Å²) in [7, 11) is 1.60. The summed E-state index contributed by atoms with van der Waals surface area (Å²) in [5, 5.41) is 11.8. The van der Waals surface area contributed by atoms with Crippen molar-refractivity contribution in [3.63, 3.8) is 0 Å². The maximum absolute atomic E-state index is 12.0. The number of aromatic carboxylic acids is 1. The van der Waals surface area contributed by atoms with E-state index in [0.29, 0.717) is 12.2 Å². The second-order valence-electron chi connectivity index (χ2n) is 4.86. The maximum Gasteiger partial charge on any atom is 0.337 e. The first kappa shape index (κ1) is 14.2. The highest BCUT2D eigenvalue weighted by Gasteiger charge is 2.30. The molecule has 1 fully saturated rings. The van der Waals surface area contributed by atoms with Gasteiger partial charge in [0.25, 0.3) is 0 Å². The number of nitrogens with two attached hydrogens (primary N) is 1. The fourth-order valence-corrected chi connectivity index (χ4v) is 2.65. The number of carboxylic acids is 1. The second-order valence-corrected chi connectivity index (χ2v) is 4.86. The Morgan fingerprint density at radius 3 is 2.80 bits per heavy atom. The molecule has 6 nitrogen and oxygen atoms in total. The Morgan fingerprint density at radius 2 is 2.15 bits per heavy atom. The van der Waals surface area contributed by atoms with Crippen LogP contribution in [0.2, 0.25) is 0 Å². The van der Waals surface area contributed by atoms with Crippen LogP contribution in [0.25, 0.3) is 0 Å². The third kappa shape index (κ3) is 2.54. The molecule has 0 bridgehead atoms. The van der Waals surface area contributed by atoms with Crippen molar-refractivity contribution in [2.75, 3.05) is 24.2 Å². The number of nitrogens with zero attached hydrogens (tertiary/aromatic N) is 1. The Morgan fingerprint density at radius 1 is 1.40 bits per heavy atom. The van der Waals surface area contributed by atoms with Crippen LogP contribution in [0.1, 0.15) is 29.6 Å². The van der Waals surface area contributed by atoms with Gasteiger partial charge in [-0.05, 0) is 31.4 Å². The van der Waals surface area contributed by atoms with Gasteiger partial charge in [0, 0.05) is 13.6 Å². The van der Waals surface area contributed by atoms with Gasteiger partial charge in [0.2, 0.25) is 5.91 Å². The van der Waals surface area contributed by atoms with Crippen LogP contribution in [0.5, 0.6) is 0 Å². The van der Waals surface area contributed by atoms with Gasteiger partial charge in [-0.25, -0.2) is 4.79 Å². The van der Waals surface area contributed by atoms with Crippen LogP contribution in [0.4, 0.5) is 11.4 Å². The number of hydrogen-bond donors (Lipinski definition) is 3. The Kier molecular flexibility index (Phi) is 4.12. The zero-order chi connectivity index (χ0) is 14.7. The van der Waals surface area contributed by atoms with E-state index in [4.69, 9.17) is 10.8 Å². The van der Waals surface area contributed by atoms with Crippen LogP contribution < -0.4 is 16.0 Å². The van der Waals surface area contributed by atoms with E-state index in [1.807, 2.05) is 4.90 Å². The summed E-state index contributed by atoms with van der Waals surface area (Å²) in [6, 6.07) is 4.60. The van der Waals surface area contributed by atoms with Gasteiger partial charge in [0.15, 0.2) is 0 Å². The molecule has 108 valence electrons. The zero-order valence-electron chi connectivity index (χ0n) is 11.4. The number of piperidine rings is 1. The monoisotopic (exact) mass is 277 g/mol. The molecule has 0 saturated carbocycles. The van der Waals surface area contributed by atoms with Gasteiger partial charge in [0.1, 0.15) is 6.04 Å². The molecule has 1 heterocycles. The van der Waals surface area contributed by atoms with Crippen molar-refractivity contribution in [1.29, 1.82) is 0 Å². The lowest BCUT2D eigenvalue weighted by atomic mass is 9.99. The molecule has 2 rings (SSSR count). The molecule has 1 atom stereocenters. The molecule has 0 aliphatic carbocycles. The van der Waals surface area contributed by atoms with Crippen LogP contribution in [0.3, 0.4) is 0 Å². The van der Waals surface area contributed by atoms with Gasteiger partial charge < -0.3 is 21.1 Å². The number of hydrogen-bond acceptors (Lipinski definition) is 4. The first-order valence-electron chi connectivity index (χ1n) is 6.66. The summed E-state index contributed by atoms with van der Waals surface area (Å²) in [6.45, 7) is 0.700. The summed E-state index contributed by atoms with van der Waals surface area (Å²) in [5.74, 6) is -1.12. The van der Waals surface area contributed by atoms with Crippen molar-refractivity contribution in [1.82, 2.24) is 5.32 Å². The van der Waals surface area contributed by atoms with Gasteiger partial charge in [-0.2, -0.15) is 0 Å². The second kappa shape index (κ2) is 5.81. The Hall–Kier alpha value is -2.24. The smallest absolute Gasteiger partial charge is 0.337 e. The van der Waals surface area contributed by atoms with Gasteiger partial charge in [-0.15, -0.1) is 0 Å². The minimum Gasteiger partial charge on any atom is -0.478 e. The van der Waals surface area contributed by atoms with Crippen molar-refractivity contribution in [3.8, 4) is 0 Å². The molecule has 1 saturated heterocycles. The van der Waals surface area contributed by atoms with E-state index < -0.39 is 5.97 Å². The van der Waals surface area contributed by atoms with Crippen LogP contribution >= 0.6 is 0 Å². The summed E-state index contributed by atoms with van der Waals surface area (Å²) < 4.78 is 0. The fourth-order valence-electron chi connectivity index (χ4n) is 2.65. The van der Waals surface area contributed by atoms with E-state index in [9.17, 15) is 9.59 Å². The summed E-state index contributed by atoms with van der Waals surface area (Å²) in [5.41, 5.74) is 6.88. The highest BCUT2D eigenvalue weighted by Crippen LogP contribution is 2.32. The molecule has 1 aliphatic heterocycles. The third-order valence-corrected chi connectivity index (χ3v) is 3.67. The number of carbonyl (C=O) groups is 2. The molecule has 20 heavy (non-hydrogen) atoms. The summed E-state index contributed by atoms with van der Waals surface area (Å²) >= 11 is 0. The van der Waals surface area contributed by atoms with Crippen molar-refractivity contribution in [2.24, 2.45) is 0 Å². The number of amides is 1. The predicted octanol–water partition coefficient (Wildman–Crippen LogP) is 1.07. The molecule has 4 N–H and O–H groups in total. The van der Waals surface area contributed by atoms with E-state index in [0.717, 1.165) is 19.3 Å². The first-order chi connectivity index (χ1) is 9.56. The number of nitrogens with one attached hydrogen (secondary N) is 1. The Balaban J connectivity index is 2.40. The van der Waals surface area contributed by atoms with E-state index >= 15 is 0 Å². The van der Waals surface area contributed by atoms with Gasteiger partial charge in [0.05, 0.1) is 16.9 Å². The molecule has 1 aromatic rings. The number of benzene rings is 1. The molecule has 6 heteroatoms. The van der Waals surface area contributed by atoms with Crippen LogP contribution in [0.15, 0.2) is 18.2 Å². The molecule has 1 unspecified atom stereocenters. The highest BCUT2D eigenvalue weighted by atomic mass is 16.4. The molecule has 0 aromatic heterocycles. The topological polar surface area (TPSA) is 95.7 Å². The number of anilines is 2. The number of para-hydroxylation sites is 1. The lowest BCUT2D eigenvalue weighted by Crippen LogP contribution is -2.49. The molecule has 1 amide bonds. The van der Waals surface area contributed by atoms with Crippen molar-refractivity contribution in [2.45, 2.75) is 25.3 Å². The molecule has 1 aromatic carbocycles. The summed E-state index contributed by atoms with van der Waals surface area (Å²) in [4.78, 5) is 25.0. The molecular formula is C14H19N3O3. The van der Waals surface area contributed by atoms with Gasteiger partial charge >= 0.3 is 5.97 Å². The minimum absolute atomic E-state index is 0.0650. The van der Waals surface area contributed by atoms with Crippen molar-refractivity contribution in [3.05, 3.63) is 23.8 Å². The van der Waals surface area contributed by atoms with Gasteiger partial charge in [-0.3, -0.25) is 4.79 Å². The average Bonchev–Trinajstić information content (AvgIpc) is 2.46. The number of carbonyl (C=O) groups excluding carboxylic acids is 1. The normalized spacial score (nSPS) is 18.6. The lowest BCUT2D eigenvalue weighted by molar-refractivity contribution is -0.122. The number of rotatable bonds is 3. The van der Waals surface area contributed by atoms with E-state index in [-0.39, 0.29) is 23.2 Å². The number of nitrogen functional groups attached to an aromatic ring is 1. The fraction of sp³-hybridized carbons (Fsp3) is 0.429. The molecular weight excluding hydrogens is 258 g/mol. The van der Waals surface area contributed by atoms with Gasteiger partial charge in [-0.1, -0.05) is 6.07 Å². The van der Waals surface area contributed by atoms with Crippen LogP contribution in [-0.4, -0.2) is 36.6 Å². The Labute approximate surface area is 117 Å². The standard InChI is InChI=1S/C14H19N3O3/c1-16-13(18)11-6-2-3-8-17(11)10-7-4-5-9(12(10)15)14(19)20/h4-5,7,11H,2-3,6,8,15H2,1H3,(H,16,18)(H,19,20). The highest BCUT2D eigenvalue weighted by molar-refractivity contribution is 5.98. The quantitative estimate of drug-likeness (QED) is 0.718. The molecule has 1 aliphatic rings. The SMILES string of the molecule is CNC(=O)C1CCCCN1c1cccc(C(=O)O)c1N.